The largest absolute Gasteiger partial charge is 0.369 e. The molecule has 1 N–H and O–H groups in total. The van der Waals surface area contributed by atoms with Gasteiger partial charge in [0.1, 0.15) is 12.3 Å². The van der Waals surface area contributed by atoms with Crippen LogP contribution >= 0.6 is 0 Å². The van der Waals surface area contributed by atoms with E-state index in [1.807, 2.05) is 31.2 Å². The van der Waals surface area contributed by atoms with Crippen molar-refractivity contribution >= 4 is 0 Å². The highest BCUT2D eigenvalue weighted by atomic mass is 19.1. The molecule has 1 aliphatic rings. The van der Waals surface area contributed by atoms with Gasteiger partial charge in [0, 0.05) is 13.1 Å². The highest BCUT2D eigenvalue weighted by molar-refractivity contribution is 5.24. The molecule has 2 atom stereocenters. The van der Waals surface area contributed by atoms with Crippen molar-refractivity contribution in [3.8, 4) is 0 Å². The third-order valence-electron chi connectivity index (χ3n) is 2.80. The van der Waals surface area contributed by atoms with Crippen LogP contribution in [0.25, 0.3) is 0 Å². The fourth-order valence-corrected chi connectivity index (χ4v) is 1.75. The molecule has 0 spiro atoms. The van der Waals surface area contributed by atoms with Gasteiger partial charge in [0.25, 0.3) is 0 Å². The van der Waals surface area contributed by atoms with Crippen LogP contribution in [0.4, 0.5) is 4.39 Å². The lowest BCUT2D eigenvalue weighted by Crippen LogP contribution is -2.23. The molecule has 0 amide bonds. The Balaban J connectivity index is 1.90. The third-order valence-corrected chi connectivity index (χ3v) is 2.80. The zero-order valence-corrected chi connectivity index (χ0v) is 8.87. The molecular weight excluding hydrogens is 193 g/mol. The number of hydrogen-bond acceptors (Lipinski definition) is 2. The summed E-state index contributed by atoms with van der Waals surface area (Å²) in [5.74, 6) is 0. The predicted molar refractivity (Wildman–Crippen MR) is 57.5 cm³/mol. The minimum absolute atomic E-state index is 0.287. The molecule has 1 heterocycles. The molecule has 0 bridgehead atoms. The first kappa shape index (κ1) is 10.6. The normalized spacial score (nSPS) is 25.7. The van der Waals surface area contributed by atoms with Crippen LogP contribution in [-0.4, -0.2) is 25.4 Å². The van der Waals surface area contributed by atoms with Crippen molar-refractivity contribution in [1.82, 2.24) is 5.32 Å². The van der Waals surface area contributed by atoms with Crippen LogP contribution in [0, 0.1) is 6.92 Å². The van der Waals surface area contributed by atoms with Gasteiger partial charge < -0.3 is 10.1 Å². The second-order valence-corrected chi connectivity index (χ2v) is 3.95. The summed E-state index contributed by atoms with van der Waals surface area (Å²) >= 11 is 0. The Morgan fingerprint density at radius 2 is 2.20 bits per heavy atom. The summed E-state index contributed by atoms with van der Waals surface area (Å²) in [4.78, 5) is 0. The molecule has 1 aromatic rings. The quantitative estimate of drug-likeness (QED) is 0.820. The maximum Gasteiger partial charge on any atom is 0.140 e. The van der Waals surface area contributed by atoms with Crippen LogP contribution in [0.3, 0.4) is 0 Å². The van der Waals surface area contributed by atoms with Crippen molar-refractivity contribution in [2.24, 2.45) is 0 Å². The van der Waals surface area contributed by atoms with Crippen molar-refractivity contribution < 1.29 is 9.13 Å². The Morgan fingerprint density at radius 1 is 1.40 bits per heavy atom. The number of hydrogen-bond donors (Lipinski definition) is 1. The number of aryl methyl sites for hydroxylation is 1. The molecule has 1 aliphatic heterocycles. The first-order valence-corrected chi connectivity index (χ1v) is 5.28. The van der Waals surface area contributed by atoms with Crippen LogP contribution in [-0.2, 0) is 11.3 Å². The maximum absolute atomic E-state index is 13.2. The van der Waals surface area contributed by atoms with Crippen LogP contribution in [0.2, 0.25) is 0 Å². The molecule has 1 saturated heterocycles. The standard InChI is InChI=1S/C12H16FNO/c1-9-4-2-3-5-10(9)8-15-12-7-14-6-11(12)13/h2-5,11-12,14H,6-8H2,1H3. The summed E-state index contributed by atoms with van der Waals surface area (Å²) in [6.45, 7) is 3.57. The van der Waals surface area contributed by atoms with Gasteiger partial charge in [-0.25, -0.2) is 4.39 Å². The van der Waals surface area contributed by atoms with Gasteiger partial charge in [-0.2, -0.15) is 0 Å². The SMILES string of the molecule is Cc1ccccc1COC1CNCC1F. The first-order chi connectivity index (χ1) is 7.27. The van der Waals surface area contributed by atoms with Crippen molar-refractivity contribution in [3.63, 3.8) is 0 Å². The monoisotopic (exact) mass is 209 g/mol. The second kappa shape index (κ2) is 4.73. The molecule has 0 saturated carbocycles. The summed E-state index contributed by atoms with van der Waals surface area (Å²) in [6.07, 6.45) is -1.15. The van der Waals surface area contributed by atoms with Gasteiger partial charge in [-0.15, -0.1) is 0 Å². The lowest BCUT2D eigenvalue weighted by atomic mass is 10.1. The first-order valence-electron chi connectivity index (χ1n) is 5.28. The van der Waals surface area contributed by atoms with Gasteiger partial charge in [-0.1, -0.05) is 24.3 Å². The topological polar surface area (TPSA) is 21.3 Å². The number of halogens is 1. The predicted octanol–water partition coefficient (Wildman–Crippen LogP) is 1.82. The van der Waals surface area contributed by atoms with Crippen LogP contribution < -0.4 is 5.32 Å². The summed E-state index contributed by atoms with van der Waals surface area (Å²) in [6, 6.07) is 8.03. The minimum Gasteiger partial charge on any atom is -0.369 e. The molecule has 0 aliphatic carbocycles. The van der Waals surface area contributed by atoms with Crippen molar-refractivity contribution in [2.75, 3.05) is 13.1 Å². The molecule has 1 fully saturated rings. The molecule has 82 valence electrons. The van der Waals surface area contributed by atoms with Gasteiger partial charge in [0.05, 0.1) is 6.61 Å². The second-order valence-electron chi connectivity index (χ2n) is 3.95. The molecule has 0 radical (unpaired) electrons. The number of alkyl halides is 1. The van der Waals surface area contributed by atoms with Crippen LogP contribution in [0.1, 0.15) is 11.1 Å². The number of ether oxygens (including phenoxy) is 1. The van der Waals surface area contributed by atoms with Crippen molar-refractivity contribution in [1.29, 1.82) is 0 Å². The van der Waals surface area contributed by atoms with Crippen LogP contribution in [0.15, 0.2) is 24.3 Å². The van der Waals surface area contributed by atoms with Crippen LogP contribution in [0.5, 0.6) is 0 Å². The number of benzene rings is 1. The van der Waals surface area contributed by atoms with E-state index < -0.39 is 6.17 Å². The summed E-state index contributed by atoms with van der Waals surface area (Å²) in [5, 5.41) is 2.97. The van der Waals surface area contributed by atoms with E-state index in [4.69, 9.17) is 4.74 Å². The third kappa shape index (κ3) is 2.55. The molecular formula is C12H16FNO. The average molecular weight is 209 g/mol. The van der Waals surface area contributed by atoms with E-state index in [1.54, 1.807) is 0 Å². The molecule has 1 aromatic carbocycles. The fourth-order valence-electron chi connectivity index (χ4n) is 1.75. The van der Waals surface area contributed by atoms with Crippen molar-refractivity contribution in [2.45, 2.75) is 25.8 Å². The van der Waals surface area contributed by atoms with E-state index in [9.17, 15) is 4.39 Å². The lowest BCUT2D eigenvalue weighted by molar-refractivity contribution is 0.0137. The number of nitrogens with one attached hydrogen (secondary N) is 1. The van der Waals surface area contributed by atoms with E-state index >= 15 is 0 Å². The molecule has 2 rings (SSSR count). The molecule has 2 unspecified atom stereocenters. The zero-order valence-electron chi connectivity index (χ0n) is 8.87. The van der Waals surface area contributed by atoms with Gasteiger partial charge in [-0.3, -0.25) is 0 Å². The Hall–Kier alpha value is -0.930. The summed E-state index contributed by atoms with van der Waals surface area (Å²) in [5.41, 5.74) is 2.33. The van der Waals surface area contributed by atoms with Gasteiger partial charge >= 0.3 is 0 Å². The summed E-state index contributed by atoms with van der Waals surface area (Å²) < 4.78 is 18.7. The highest BCUT2D eigenvalue weighted by Gasteiger charge is 2.27. The van der Waals surface area contributed by atoms with Gasteiger partial charge in [0.15, 0.2) is 0 Å². The average Bonchev–Trinajstić information content (AvgIpc) is 2.63. The van der Waals surface area contributed by atoms with E-state index in [0.29, 0.717) is 19.7 Å². The Bertz CT molecular complexity index is 329. The Labute approximate surface area is 89.4 Å². The summed E-state index contributed by atoms with van der Waals surface area (Å²) in [7, 11) is 0. The van der Waals surface area contributed by atoms with Gasteiger partial charge in [-0.05, 0) is 18.1 Å². The maximum atomic E-state index is 13.2. The van der Waals surface area contributed by atoms with E-state index in [2.05, 4.69) is 5.32 Å². The molecule has 3 heteroatoms. The van der Waals surface area contributed by atoms with E-state index in [-0.39, 0.29) is 6.10 Å². The van der Waals surface area contributed by atoms with Crippen molar-refractivity contribution in [3.05, 3.63) is 35.4 Å². The Morgan fingerprint density at radius 3 is 2.87 bits per heavy atom. The zero-order chi connectivity index (χ0) is 10.7. The minimum atomic E-state index is -0.867. The number of rotatable bonds is 3. The molecule has 15 heavy (non-hydrogen) atoms. The highest BCUT2D eigenvalue weighted by Crippen LogP contribution is 2.14. The Kier molecular flexibility index (Phi) is 3.34. The van der Waals surface area contributed by atoms with E-state index in [0.717, 1.165) is 5.56 Å². The van der Waals surface area contributed by atoms with Gasteiger partial charge in [0.2, 0.25) is 0 Å². The lowest BCUT2D eigenvalue weighted by Gasteiger charge is -2.14. The molecule has 0 aromatic heterocycles. The molecule has 2 nitrogen and oxygen atoms in total. The smallest absolute Gasteiger partial charge is 0.140 e. The fraction of sp³-hybridized carbons (Fsp3) is 0.500. The van der Waals surface area contributed by atoms with E-state index in [1.165, 1.54) is 5.56 Å².